The quantitative estimate of drug-likeness (QED) is 0.654. The first-order valence-electron chi connectivity index (χ1n) is 6.19. The van der Waals surface area contributed by atoms with Crippen molar-refractivity contribution in [3.8, 4) is 5.75 Å². The highest BCUT2D eigenvalue weighted by molar-refractivity contribution is 6.11. The molecule has 0 saturated carbocycles. The van der Waals surface area contributed by atoms with Gasteiger partial charge in [-0.05, 0) is 25.0 Å². The number of benzene rings is 1. The molecule has 1 aromatic carbocycles. The van der Waals surface area contributed by atoms with Crippen LogP contribution in [0.25, 0.3) is 0 Å². The van der Waals surface area contributed by atoms with E-state index in [1.165, 1.54) is 7.11 Å². The van der Waals surface area contributed by atoms with Crippen LogP contribution < -0.4 is 10.1 Å². The number of amides is 1. The van der Waals surface area contributed by atoms with Gasteiger partial charge >= 0.3 is 0 Å². The van der Waals surface area contributed by atoms with Crippen molar-refractivity contribution in [2.24, 2.45) is 5.92 Å². The lowest BCUT2D eigenvalue weighted by Gasteiger charge is -2.14. The summed E-state index contributed by atoms with van der Waals surface area (Å²) in [7, 11) is 1.53. The number of carbonyl (C=O) groups is 2. The Hall–Kier alpha value is -1.84. The Balaban J connectivity index is 2.26. The monoisotopic (exact) mass is 247 g/mol. The molecule has 0 spiro atoms. The van der Waals surface area contributed by atoms with Gasteiger partial charge in [0.15, 0.2) is 5.78 Å². The summed E-state index contributed by atoms with van der Waals surface area (Å²) in [6, 6.07) is 7.04. The van der Waals surface area contributed by atoms with Gasteiger partial charge in [-0.3, -0.25) is 9.59 Å². The van der Waals surface area contributed by atoms with Gasteiger partial charge in [0.25, 0.3) is 0 Å². The minimum Gasteiger partial charge on any atom is -0.496 e. The summed E-state index contributed by atoms with van der Waals surface area (Å²) in [6.07, 6.45) is 2.44. The molecule has 0 aliphatic carbocycles. The van der Waals surface area contributed by atoms with Crippen molar-refractivity contribution in [2.45, 2.75) is 19.3 Å². The van der Waals surface area contributed by atoms with Gasteiger partial charge in [0, 0.05) is 6.54 Å². The largest absolute Gasteiger partial charge is 0.496 e. The second-order valence-corrected chi connectivity index (χ2v) is 4.40. The Labute approximate surface area is 106 Å². The van der Waals surface area contributed by atoms with Crippen molar-refractivity contribution in [1.82, 2.24) is 5.32 Å². The van der Waals surface area contributed by atoms with Crippen LogP contribution in [0, 0.1) is 5.92 Å². The number of carbonyl (C=O) groups excluding carboxylic acids is 2. The highest BCUT2D eigenvalue weighted by Crippen LogP contribution is 2.24. The number of ketones is 1. The molecule has 1 fully saturated rings. The number of para-hydroxylation sites is 1. The van der Waals surface area contributed by atoms with E-state index >= 15 is 0 Å². The first kappa shape index (κ1) is 12.6. The molecule has 1 aromatic rings. The first-order chi connectivity index (χ1) is 8.74. The van der Waals surface area contributed by atoms with E-state index in [0.29, 0.717) is 24.3 Å². The lowest BCUT2D eigenvalue weighted by Crippen LogP contribution is -2.33. The van der Waals surface area contributed by atoms with E-state index in [2.05, 4.69) is 5.32 Å². The maximum Gasteiger partial charge on any atom is 0.230 e. The summed E-state index contributed by atoms with van der Waals surface area (Å²) in [5.41, 5.74) is 0.488. The van der Waals surface area contributed by atoms with E-state index in [0.717, 1.165) is 12.8 Å². The standard InChI is InChI=1S/C14H17NO3/c1-18-12-8-3-2-6-10(12)13(16)11-7-4-5-9-15-14(11)17/h2-3,6,8,11H,4-5,7,9H2,1H3,(H,15,17). The normalized spacial score (nSPS) is 19.8. The Morgan fingerprint density at radius 2 is 2.11 bits per heavy atom. The second-order valence-electron chi connectivity index (χ2n) is 4.40. The zero-order valence-corrected chi connectivity index (χ0v) is 10.4. The topological polar surface area (TPSA) is 55.4 Å². The minimum absolute atomic E-state index is 0.146. The Bertz CT molecular complexity index is 456. The van der Waals surface area contributed by atoms with Crippen molar-refractivity contribution in [2.75, 3.05) is 13.7 Å². The summed E-state index contributed by atoms with van der Waals surface area (Å²) in [5, 5.41) is 2.78. The second kappa shape index (κ2) is 5.67. The molecule has 96 valence electrons. The van der Waals surface area contributed by atoms with Crippen LogP contribution in [0.2, 0.25) is 0 Å². The summed E-state index contributed by atoms with van der Waals surface area (Å²) in [4.78, 5) is 24.3. The molecule has 1 unspecified atom stereocenters. The van der Waals surface area contributed by atoms with E-state index in [9.17, 15) is 9.59 Å². The highest BCUT2D eigenvalue weighted by atomic mass is 16.5. The average molecular weight is 247 g/mol. The predicted molar refractivity (Wildman–Crippen MR) is 67.7 cm³/mol. The lowest BCUT2D eigenvalue weighted by molar-refractivity contribution is -0.123. The number of Topliss-reactive ketones (excluding diaryl/α,β-unsaturated/α-hetero) is 1. The summed E-state index contributed by atoms with van der Waals surface area (Å²) in [5.74, 6) is -0.362. The van der Waals surface area contributed by atoms with Gasteiger partial charge in [-0.15, -0.1) is 0 Å². The molecule has 0 aromatic heterocycles. The average Bonchev–Trinajstić information content (AvgIpc) is 2.62. The fourth-order valence-corrected chi connectivity index (χ4v) is 2.23. The lowest BCUT2D eigenvalue weighted by atomic mass is 9.92. The summed E-state index contributed by atoms with van der Waals surface area (Å²) in [6.45, 7) is 0.661. The zero-order chi connectivity index (χ0) is 13.0. The maximum atomic E-state index is 12.4. The van der Waals surface area contributed by atoms with E-state index in [1.54, 1.807) is 18.2 Å². The third-order valence-corrected chi connectivity index (χ3v) is 3.22. The molecule has 1 heterocycles. The molecule has 2 rings (SSSR count). The number of methoxy groups -OCH3 is 1. The third kappa shape index (κ3) is 2.53. The van der Waals surface area contributed by atoms with E-state index in [1.807, 2.05) is 6.07 Å². The van der Waals surface area contributed by atoms with Crippen LogP contribution in [-0.4, -0.2) is 25.3 Å². The number of hydrogen-bond acceptors (Lipinski definition) is 3. The van der Waals surface area contributed by atoms with Crippen LogP contribution >= 0.6 is 0 Å². The Morgan fingerprint density at radius 3 is 2.89 bits per heavy atom. The molecule has 1 atom stereocenters. The predicted octanol–water partition coefficient (Wildman–Crippen LogP) is 1.79. The number of ether oxygens (including phenoxy) is 1. The minimum atomic E-state index is -0.580. The highest BCUT2D eigenvalue weighted by Gasteiger charge is 2.30. The van der Waals surface area contributed by atoms with Crippen molar-refractivity contribution in [3.63, 3.8) is 0 Å². The number of rotatable bonds is 3. The molecule has 1 saturated heterocycles. The molecule has 1 N–H and O–H groups in total. The molecule has 4 nitrogen and oxygen atoms in total. The van der Waals surface area contributed by atoms with Crippen LogP contribution in [0.15, 0.2) is 24.3 Å². The number of hydrogen-bond donors (Lipinski definition) is 1. The van der Waals surface area contributed by atoms with E-state index in [-0.39, 0.29) is 11.7 Å². The molecule has 1 amide bonds. The van der Waals surface area contributed by atoms with Gasteiger partial charge in [0.2, 0.25) is 5.91 Å². The van der Waals surface area contributed by atoms with Crippen LogP contribution in [0.3, 0.4) is 0 Å². The number of nitrogens with one attached hydrogen (secondary N) is 1. The summed E-state index contributed by atoms with van der Waals surface area (Å²) < 4.78 is 5.17. The van der Waals surface area contributed by atoms with Gasteiger partial charge in [-0.2, -0.15) is 0 Å². The first-order valence-corrected chi connectivity index (χ1v) is 6.19. The Kier molecular flexibility index (Phi) is 3.97. The van der Waals surface area contributed by atoms with Gasteiger partial charge in [-0.25, -0.2) is 0 Å². The van der Waals surface area contributed by atoms with Crippen LogP contribution in [-0.2, 0) is 4.79 Å². The molecule has 1 aliphatic rings. The van der Waals surface area contributed by atoms with Crippen molar-refractivity contribution >= 4 is 11.7 Å². The van der Waals surface area contributed by atoms with Crippen LogP contribution in [0.4, 0.5) is 0 Å². The third-order valence-electron chi connectivity index (χ3n) is 3.22. The summed E-state index contributed by atoms with van der Waals surface area (Å²) >= 11 is 0. The Morgan fingerprint density at radius 1 is 1.33 bits per heavy atom. The van der Waals surface area contributed by atoms with Gasteiger partial charge < -0.3 is 10.1 Å². The molecule has 0 bridgehead atoms. The molecule has 1 aliphatic heterocycles. The van der Waals surface area contributed by atoms with Crippen LogP contribution in [0.1, 0.15) is 29.6 Å². The molecule has 18 heavy (non-hydrogen) atoms. The maximum absolute atomic E-state index is 12.4. The van der Waals surface area contributed by atoms with Crippen molar-refractivity contribution in [3.05, 3.63) is 29.8 Å². The fourth-order valence-electron chi connectivity index (χ4n) is 2.23. The molecule has 0 radical (unpaired) electrons. The molecule has 4 heteroatoms. The fraction of sp³-hybridized carbons (Fsp3) is 0.429. The van der Waals surface area contributed by atoms with Crippen LogP contribution in [0.5, 0.6) is 5.75 Å². The van der Waals surface area contributed by atoms with Gasteiger partial charge in [-0.1, -0.05) is 18.6 Å². The van der Waals surface area contributed by atoms with E-state index < -0.39 is 5.92 Å². The molecular weight excluding hydrogens is 230 g/mol. The van der Waals surface area contributed by atoms with Crippen molar-refractivity contribution in [1.29, 1.82) is 0 Å². The molecular formula is C14H17NO3. The zero-order valence-electron chi connectivity index (χ0n) is 10.4. The SMILES string of the molecule is COc1ccccc1C(=O)C1CCCCNC1=O. The van der Waals surface area contributed by atoms with E-state index in [4.69, 9.17) is 4.74 Å². The van der Waals surface area contributed by atoms with Gasteiger partial charge in [0.05, 0.1) is 12.7 Å². The smallest absolute Gasteiger partial charge is 0.230 e. The van der Waals surface area contributed by atoms with Crippen molar-refractivity contribution < 1.29 is 14.3 Å². The van der Waals surface area contributed by atoms with Gasteiger partial charge in [0.1, 0.15) is 11.7 Å².